The molecular weight excluding hydrogens is 341 g/mol. The Morgan fingerprint density at radius 2 is 2.29 bits per heavy atom. The predicted molar refractivity (Wildman–Crippen MR) is 86.6 cm³/mol. The molecule has 2 aliphatic heterocycles. The summed E-state index contributed by atoms with van der Waals surface area (Å²) in [5.41, 5.74) is 0.200. The number of carbonyl (C=O) groups is 1. The van der Waals surface area contributed by atoms with E-state index in [1.165, 1.54) is 23.6 Å². The lowest BCUT2D eigenvalue weighted by Gasteiger charge is -2.30. The van der Waals surface area contributed by atoms with Crippen molar-refractivity contribution in [2.24, 2.45) is 16.0 Å². The van der Waals surface area contributed by atoms with Crippen molar-refractivity contribution in [3.8, 4) is 0 Å². The van der Waals surface area contributed by atoms with E-state index in [4.69, 9.17) is 0 Å². The van der Waals surface area contributed by atoms with Crippen molar-refractivity contribution in [1.82, 2.24) is 10.3 Å². The fraction of sp³-hybridized carbons (Fsp3) is 0.267. The van der Waals surface area contributed by atoms with Crippen molar-refractivity contribution < 1.29 is 18.0 Å². The Hall–Kier alpha value is -2.42. The number of nitrogens with one attached hydrogen (secondary N) is 1. The third-order valence-electron chi connectivity index (χ3n) is 3.48. The minimum Gasteiger partial charge on any atom is -0.352 e. The first-order valence-corrected chi connectivity index (χ1v) is 7.92. The molecule has 0 saturated carbocycles. The van der Waals surface area contributed by atoms with Gasteiger partial charge in [0.1, 0.15) is 11.8 Å². The molecular formula is C15H13F3N4OS. The van der Waals surface area contributed by atoms with Crippen LogP contribution in [-0.2, 0) is 4.79 Å². The number of alkyl halides is 3. The lowest BCUT2D eigenvalue weighted by Crippen LogP contribution is -2.48. The minimum absolute atomic E-state index is 0.0233. The van der Waals surface area contributed by atoms with Gasteiger partial charge in [-0.2, -0.15) is 18.3 Å². The number of thiophene rings is 1. The molecule has 0 bridgehead atoms. The van der Waals surface area contributed by atoms with Gasteiger partial charge in [-0.15, -0.1) is 17.9 Å². The van der Waals surface area contributed by atoms with Crippen molar-refractivity contribution in [2.75, 3.05) is 6.54 Å². The second-order valence-corrected chi connectivity index (χ2v) is 6.05. The van der Waals surface area contributed by atoms with Gasteiger partial charge in [0.05, 0.1) is 10.6 Å². The number of aliphatic imine (C=N–C) groups is 1. The Kier molecular flexibility index (Phi) is 4.27. The normalized spacial score (nSPS) is 22.7. The first-order chi connectivity index (χ1) is 11.4. The number of amides is 1. The monoisotopic (exact) mass is 354 g/mol. The van der Waals surface area contributed by atoms with Crippen LogP contribution in [0.2, 0.25) is 0 Å². The maximum Gasteiger partial charge on any atom is 0.414 e. The minimum atomic E-state index is -4.53. The fourth-order valence-electron chi connectivity index (χ4n) is 2.39. The van der Waals surface area contributed by atoms with Crippen LogP contribution in [0.4, 0.5) is 13.2 Å². The molecule has 3 heterocycles. The largest absolute Gasteiger partial charge is 0.414 e. The lowest BCUT2D eigenvalue weighted by molar-refractivity contribution is -0.160. The third-order valence-corrected chi connectivity index (χ3v) is 4.37. The van der Waals surface area contributed by atoms with Gasteiger partial charge < -0.3 is 5.32 Å². The summed E-state index contributed by atoms with van der Waals surface area (Å²) in [5, 5.41) is 8.83. The molecule has 1 amide bonds. The number of fused-ring (bicyclic) bond motifs is 1. The summed E-state index contributed by atoms with van der Waals surface area (Å²) in [4.78, 5) is 17.0. The van der Waals surface area contributed by atoms with Crippen molar-refractivity contribution in [3.63, 3.8) is 0 Å². The van der Waals surface area contributed by atoms with E-state index in [-0.39, 0.29) is 18.1 Å². The van der Waals surface area contributed by atoms with Gasteiger partial charge in [-0.25, -0.2) is 10.0 Å². The second kappa shape index (κ2) is 6.23. The highest BCUT2D eigenvalue weighted by Crippen LogP contribution is 2.36. The summed E-state index contributed by atoms with van der Waals surface area (Å²) in [7, 11) is 0. The average Bonchev–Trinajstić information content (AvgIpc) is 3.19. The summed E-state index contributed by atoms with van der Waals surface area (Å²) in [6.45, 7) is 3.70. The molecule has 2 aliphatic rings. The molecule has 0 fully saturated rings. The van der Waals surface area contributed by atoms with Crippen molar-refractivity contribution >= 4 is 35.0 Å². The van der Waals surface area contributed by atoms with E-state index < -0.39 is 24.0 Å². The second-order valence-electron chi connectivity index (χ2n) is 5.11. The lowest BCUT2D eigenvalue weighted by atomic mass is 10.1. The van der Waals surface area contributed by atoms with Crippen LogP contribution in [0.5, 0.6) is 0 Å². The van der Waals surface area contributed by atoms with Crippen LogP contribution in [0.3, 0.4) is 0 Å². The van der Waals surface area contributed by atoms with Gasteiger partial charge in [-0.05, 0) is 17.5 Å². The van der Waals surface area contributed by atoms with Gasteiger partial charge >= 0.3 is 6.18 Å². The van der Waals surface area contributed by atoms with Crippen LogP contribution in [0.15, 0.2) is 46.3 Å². The Morgan fingerprint density at radius 3 is 2.92 bits per heavy atom. The molecule has 0 radical (unpaired) electrons. The van der Waals surface area contributed by atoms with E-state index in [1.54, 1.807) is 17.5 Å². The predicted octanol–water partition coefficient (Wildman–Crippen LogP) is 2.65. The quantitative estimate of drug-likeness (QED) is 0.845. The first kappa shape index (κ1) is 16.4. The highest BCUT2D eigenvalue weighted by molar-refractivity contribution is 7.11. The Bertz CT molecular complexity index is 736. The summed E-state index contributed by atoms with van der Waals surface area (Å²) >= 11 is 1.28. The average molecular weight is 354 g/mol. The number of hydrazone groups is 1. The van der Waals surface area contributed by atoms with Gasteiger partial charge in [-0.1, -0.05) is 12.1 Å². The molecule has 24 heavy (non-hydrogen) atoms. The maximum atomic E-state index is 13.4. The number of hydrogen-bond donors (Lipinski definition) is 1. The van der Waals surface area contributed by atoms with Crippen molar-refractivity contribution in [1.29, 1.82) is 0 Å². The fourth-order valence-corrected chi connectivity index (χ4v) is 3.08. The Balaban J connectivity index is 1.97. The number of carbonyl (C=O) groups excluding carboxylic acids is 1. The number of halogens is 3. The van der Waals surface area contributed by atoms with Crippen LogP contribution in [0.1, 0.15) is 4.88 Å². The molecule has 1 N–H and O–H groups in total. The third kappa shape index (κ3) is 2.99. The molecule has 1 aromatic heterocycles. The molecule has 1 aromatic rings. The SMILES string of the molecule is C=CCNC(=O)C1C=NN2C1=NC(c1cccs1)=CC2C(F)(F)F. The summed E-state index contributed by atoms with van der Waals surface area (Å²) in [6.07, 6.45) is -0.842. The topological polar surface area (TPSA) is 57.1 Å². The Morgan fingerprint density at radius 1 is 1.50 bits per heavy atom. The molecule has 0 spiro atoms. The smallest absolute Gasteiger partial charge is 0.352 e. The summed E-state index contributed by atoms with van der Waals surface area (Å²) < 4.78 is 40.2. The van der Waals surface area contributed by atoms with E-state index in [1.807, 2.05) is 0 Å². The van der Waals surface area contributed by atoms with E-state index >= 15 is 0 Å². The van der Waals surface area contributed by atoms with Crippen LogP contribution in [0, 0.1) is 5.92 Å². The molecule has 0 saturated heterocycles. The summed E-state index contributed by atoms with van der Waals surface area (Å²) in [6, 6.07) is 1.47. The maximum absolute atomic E-state index is 13.4. The van der Waals surface area contributed by atoms with Crippen LogP contribution < -0.4 is 5.32 Å². The highest BCUT2D eigenvalue weighted by atomic mass is 32.1. The van der Waals surface area contributed by atoms with E-state index in [0.29, 0.717) is 4.88 Å². The molecule has 2 atom stereocenters. The van der Waals surface area contributed by atoms with Gasteiger partial charge in [-0.3, -0.25) is 4.79 Å². The summed E-state index contributed by atoms with van der Waals surface area (Å²) in [5.74, 6) is -1.45. The van der Waals surface area contributed by atoms with Crippen LogP contribution >= 0.6 is 11.3 Å². The van der Waals surface area contributed by atoms with Gasteiger partial charge in [0.25, 0.3) is 0 Å². The van der Waals surface area contributed by atoms with Gasteiger partial charge in [0, 0.05) is 12.8 Å². The van der Waals surface area contributed by atoms with Crippen LogP contribution in [0.25, 0.3) is 5.70 Å². The standard InChI is InChI=1S/C15H13F3N4OS/c1-2-5-19-14(23)9-8-20-22-12(15(16,17)18)7-10(21-13(9)22)11-4-3-6-24-11/h2-4,6-9,12H,1,5H2,(H,19,23). The van der Waals surface area contributed by atoms with Crippen LogP contribution in [-0.4, -0.2) is 41.7 Å². The highest BCUT2D eigenvalue weighted by Gasteiger charge is 2.49. The number of rotatable bonds is 4. The zero-order valence-electron chi connectivity index (χ0n) is 12.3. The molecule has 3 rings (SSSR count). The molecule has 5 nitrogen and oxygen atoms in total. The van der Waals surface area contributed by atoms with Gasteiger partial charge in [0.2, 0.25) is 5.91 Å². The molecule has 0 aliphatic carbocycles. The van der Waals surface area contributed by atoms with Crippen molar-refractivity contribution in [2.45, 2.75) is 12.2 Å². The zero-order valence-corrected chi connectivity index (χ0v) is 13.1. The molecule has 9 heteroatoms. The van der Waals surface area contributed by atoms with E-state index in [9.17, 15) is 18.0 Å². The van der Waals surface area contributed by atoms with Gasteiger partial charge in [0.15, 0.2) is 6.04 Å². The number of nitrogens with zero attached hydrogens (tertiary/aromatic N) is 3. The van der Waals surface area contributed by atoms with Crippen molar-refractivity contribution in [3.05, 3.63) is 41.1 Å². The molecule has 2 unspecified atom stereocenters. The first-order valence-electron chi connectivity index (χ1n) is 7.04. The number of hydrogen-bond acceptors (Lipinski definition) is 5. The van der Waals surface area contributed by atoms with E-state index in [0.717, 1.165) is 11.1 Å². The molecule has 0 aromatic carbocycles. The molecule has 126 valence electrons. The Labute approximate surface area is 139 Å². The zero-order chi connectivity index (χ0) is 17.3. The van der Waals surface area contributed by atoms with E-state index in [2.05, 4.69) is 22.0 Å². The number of amidine groups is 1.